The van der Waals surface area contributed by atoms with Crippen molar-refractivity contribution in [2.75, 3.05) is 5.32 Å². The van der Waals surface area contributed by atoms with Crippen LogP contribution in [-0.4, -0.2) is 33.3 Å². The molecule has 0 bridgehead atoms. The summed E-state index contributed by atoms with van der Waals surface area (Å²) in [6.07, 6.45) is -9.29. The molecule has 2 aromatic heterocycles. The minimum Gasteiger partial charge on any atom is -0.437 e. The fourth-order valence-corrected chi connectivity index (χ4v) is 2.70. The third-order valence-electron chi connectivity index (χ3n) is 4.49. The number of nitrogens with one attached hydrogen (secondary N) is 1. The van der Waals surface area contributed by atoms with Crippen molar-refractivity contribution in [1.82, 2.24) is 9.97 Å². The van der Waals surface area contributed by atoms with Crippen LogP contribution >= 0.6 is 0 Å². The first-order chi connectivity index (χ1) is 15.3. The van der Waals surface area contributed by atoms with Gasteiger partial charge in [-0.3, -0.25) is 9.78 Å². The molecule has 0 atom stereocenters. The van der Waals surface area contributed by atoms with Gasteiger partial charge in [-0.2, -0.15) is 26.3 Å². The normalized spacial score (nSPS) is 12.4. The fraction of sp³-hybridized carbons (Fsp3) is 0.190. The summed E-state index contributed by atoms with van der Waals surface area (Å²) in [7, 11) is 0. The molecular formula is C21H15F6N3O3. The summed E-state index contributed by atoms with van der Waals surface area (Å²) in [5.41, 5.74) is -5.78. The number of hydrogen-bond donors (Lipinski definition) is 2. The van der Waals surface area contributed by atoms with Crippen molar-refractivity contribution in [3.63, 3.8) is 0 Å². The lowest BCUT2D eigenvalue weighted by atomic mass is 9.91. The minimum absolute atomic E-state index is 0.195. The molecular weight excluding hydrogens is 456 g/mol. The Kier molecular flexibility index (Phi) is 6.32. The number of hydrogen-bond acceptors (Lipinski definition) is 5. The second-order valence-electron chi connectivity index (χ2n) is 6.86. The molecule has 2 heterocycles. The summed E-state index contributed by atoms with van der Waals surface area (Å²) in [6.45, 7) is 1.81. The van der Waals surface area contributed by atoms with Gasteiger partial charge in [-0.05, 0) is 37.3 Å². The fourth-order valence-electron chi connectivity index (χ4n) is 2.70. The molecule has 2 N–H and O–H groups in total. The smallest absolute Gasteiger partial charge is 0.430 e. The van der Waals surface area contributed by atoms with Gasteiger partial charge in [0.2, 0.25) is 5.88 Å². The topological polar surface area (TPSA) is 84.3 Å². The van der Waals surface area contributed by atoms with Crippen molar-refractivity contribution in [3.05, 3.63) is 77.7 Å². The summed E-state index contributed by atoms with van der Waals surface area (Å²) in [4.78, 5) is 20.4. The van der Waals surface area contributed by atoms with Crippen LogP contribution in [0.4, 0.5) is 32.0 Å². The van der Waals surface area contributed by atoms with Gasteiger partial charge in [0.15, 0.2) is 0 Å². The zero-order valence-electron chi connectivity index (χ0n) is 16.7. The molecule has 0 unspecified atom stereocenters. The van der Waals surface area contributed by atoms with E-state index >= 15 is 0 Å². The van der Waals surface area contributed by atoms with Gasteiger partial charge in [0.1, 0.15) is 5.75 Å². The molecule has 3 aromatic rings. The number of anilines is 1. The van der Waals surface area contributed by atoms with E-state index < -0.39 is 29.4 Å². The number of pyridine rings is 2. The van der Waals surface area contributed by atoms with Crippen molar-refractivity contribution >= 4 is 11.6 Å². The molecule has 0 aliphatic rings. The lowest BCUT2D eigenvalue weighted by molar-refractivity contribution is -0.376. The molecule has 174 valence electrons. The Hall–Kier alpha value is -3.67. The Morgan fingerprint density at radius 3 is 2.00 bits per heavy atom. The maximum atomic E-state index is 13.0. The number of benzene rings is 1. The molecule has 0 radical (unpaired) electrons. The number of aliphatic hydroxyl groups is 1. The summed E-state index contributed by atoms with van der Waals surface area (Å²) >= 11 is 0. The number of alkyl halides is 6. The van der Waals surface area contributed by atoms with Crippen LogP contribution in [-0.2, 0) is 5.60 Å². The van der Waals surface area contributed by atoms with Gasteiger partial charge in [0.05, 0.1) is 18.1 Å². The van der Waals surface area contributed by atoms with Gasteiger partial charge in [-0.25, -0.2) is 4.98 Å². The van der Waals surface area contributed by atoms with E-state index in [1.165, 1.54) is 24.5 Å². The van der Waals surface area contributed by atoms with Gasteiger partial charge in [0, 0.05) is 22.9 Å². The van der Waals surface area contributed by atoms with Crippen LogP contribution in [0.15, 0.2) is 60.9 Å². The molecule has 12 heteroatoms. The Morgan fingerprint density at radius 1 is 0.879 bits per heavy atom. The molecule has 0 aliphatic carbocycles. The van der Waals surface area contributed by atoms with E-state index in [0.717, 1.165) is 17.8 Å². The third kappa shape index (κ3) is 5.06. The Balaban J connectivity index is 1.71. The van der Waals surface area contributed by atoms with E-state index in [1.54, 1.807) is 19.1 Å². The molecule has 0 saturated heterocycles. The molecule has 33 heavy (non-hydrogen) atoms. The highest BCUT2D eigenvalue weighted by molar-refractivity contribution is 6.04. The summed E-state index contributed by atoms with van der Waals surface area (Å²) < 4.78 is 83.2. The van der Waals surface area contributed by atoms with E-state index in [2.05, 4.69) is 15.3 Å². The molecule has 0 fully saturated rings. The summed E-state index contributed by atoms with van der Waals surface area (Å²) in [5, 5.41) is 11.8. The SMILES string of the molecule is Cc1ccc(Oc2ccc(NC(=O)c3ccc(C(O)(C(F)(F)F)C(F)(F)F)cc3)cn2)cn1. The van der Waals surface area contributed by atoms with Gasteiger partial charge >= 0.3 is 12.4 Å². The lowest BCUT2D eigenvalue weighted by Crippen LogP contribution is -2.53. The maximum absolute atomic E-state index is 13.0. The average molecular weight is 471 g/mol. The predicted molar refractivity (Wildman–Crippen MR) is 104 cm³/mol. The quantitative estimate of drug-likeness (QED) is 0.504. The minimum atomic E-state index is -6.01. The third-order valence-corrected chi connectivity index (χ3v) is 4.49. The van der Waals surface area contributed by atoms with Crippen LogP contribution in [0, 0.1) is 6.92 Å². The number of carbonyl (C=O) groups excluding carboxylic acids is 1. The molecule has 1 amide bonds. The van der Waals surface area contributed by atoms with Crippen LogP contribution in [0.25, 0.3) is 0 Å². The first kappa shape index (κ1) is 24.0. The number of amides is 1. The number of nitrogens with zero attached hydrogens (tertiary/aromatic N) is 2. The molecule has 3 rings (SSSR count). The molecule has 6 nitrogen and oxygen atoms in total. The number of rotatable bonds is 5. The largest absolute Gasteiger partial charge is 0.437 e. The van der Waals surface area contributed by atoms with E-state index in [4.69, 9.17) is 4.74 Å². The Labute approximate surface area is 182 Å². The van der Waals surface area contributed by atoms with Crippen LogP contribution in [0.2, 0.25) is 0 Å². The van der Waals surface area contributed by atoms with E-state index in [-0.39, 0.29) is 17.1 Å². The first-order valence-electron chi connectivity index (χ1n) is 9.15. The van der Waals surface area contributed by atoms with Crippen LogP contribution < -0.4 is 10.1 Å². The summed E-state index contributed by atoms with van der Waals surface area (Å²) in [6, 6.07) is 8.54. The Morgan fingerprint density at radius 2 is 1.52 bits per heavy atom. The Bertz CT molecular complexity index is 1100. The second-order valence-corrected chi connectivity index (χ2v) is 6.86. The van der Waals surface area contributed by atoms with Gasteiger partial charge in [-0.15, -0.1) is 0 Å². The molecule has 0 aliphatic heterocycles. The van der Waals surface area contributed by atoms with E-state index in [1.807, 2.05) is 0 Å². The highest BCUT2D eigenvalue weighted by atomic mass is 19.4. The first-order valence-corrected chi connectivity index (χ1v) is 9.15. The second kappa shape index (κ2) is 8.70. The van der Waals surface area contributed by atoms with Crippen LogP contribution in [0.3, 0.4) is 0 Å². The van der Waals surface area contributed by atoms with Crippen LogP contribution in [0.1, 0.15) is 21.6 Å². The molecule has 1 aromatic carbocycles. The molecule has 0 spiro atoms. The maximum Gasteiger partial charge on any atom is 0.430 e. The predicted octanol–water partition coefficient (Wildman–Crippen LogP) is 5.14. The average Bonchev–Trinajstić information content (AvgIpc) is 2.74. The number of aryl methyl sites for hydroxylation is 1. The van der Waals surface area contributed by atoms with Crippen molar-refractivity contribution < 1.29 is 41.0 Å². The van der Waals surface area contributed by atoms with Crippen molar-refractivity contribution in [2.24, 2.45) is 0 Å². The summed E-state index contributed by atoms with van der Waals surface area (Å²) in [5.74, 6) is -0.188. The number of halogens is 6. The zero-order chi connectivity index (χ0) is 24.4. The zero-order valence-corrected chi connectivity index (χ0v) is 16.7. The number of carbonyl (C=O) groups is 1. The van der Waals surface area contributed by atoms with Gasteiger partial charge < -0.3 is 15.2 Å². The lowest BCUT2D eigenvalue weighted by Gasteiger charge is -2.32. The van der Waals surface area contributed by atoms with Gasteiger partial charge in [0.25, 0.3) is 11.5 Å². The van der Waals surface area contributed by atoms with Crippen molar-refractivity contribution in [3.8, 4) is 11.6 Å². The standard InChI is InChI=1S/C21H15F6N3O3/c1-12-2-8-16(11-28-12)33-17-9-7-15(10-29-17)30-18(31)13-3-5-14(6-4-13)19(32,20(22,23)24)21(25,26)27/h2-11,32H,1H3,(H,30,31). The van der Waals surface area contributed by atoms with Gasteiger partial charge in [-0.1, -0.05) is 12.1 Å². The highest BCUT2D eigenvalue weighted by Crippen LogP contribution is 2.49. The van der Waals surface area contributed by atoms with Crippen LogP contribution in [0.5, 0.6) is 11.6 Å². The monoisotopic (exact) mass is 471 g/mol. The van der Waals surface area contributed by atoms with Crippen molar-refractivity contribution in [1.29, 1.82) is 0 Å². The van der Waals surface area contributed by atoms with E-state index in [0.29, 0.717) is 17.9 Å². The number of ether oxygens (including phenoxy) is 1. The highest BCUT2D eigenvalue weighted by Gasteiger charge is 2.71. The molecule has 0 saturated carbocycles. The van der Waals surface area contributed by atoms with Crippen molar-refractivity contribution in [2.45, 2.75) is 24.9 Å². The van der Waals surface area contributed by atoms with E-state index in [9.17, 15) is 36.2 Å². The number of aromatic nitrogens is 2.